The largest absolute Gasteiger partial charge is 0.507 e. The van der Waals surface area contributed by atoms with E-state index in [0.29, 0.717) is 17.6 Å². The van der Waals surface area contributed by atoms with E-state index in [2.05, 4.69) is 77.6 Å². The highest BCUT2D eigenvalue weighted by atomic mass is 32.2. The van der Waals surface area contributed by atoms with Crippen LogP contribution in [0.3, 0.4) is 0 Å². The van der Waals surface area contributed by atoms with Crippen LogP contribution in [0.2, 0.25) is 0 Å². The van der Waals surface area contributed by atoms with Crippen LogP contribution in [0.4, 0.5) is 0 Å². The number of ether oxygens (including phenoxy) is 1. The zero-order valence-corrected chi connectivity index (χ0v) is 24.7. The molecule has 0 amide bonds. The summed E-state index contributed by atoms with van der Waals surface area (Å²) in [7, 11) is 0. The normalized spacial score (nSPS) is 27.6. The van der Waals surface area contributed by atoms with E-state index in [0.717, 1.165) is 46.1 Å². The van der Waals surface area contributed by atoms with E-state index in [1.807, 2.05) is 11.8 Å². The van der Waals surface area contributed by atoms with Gasteiger partial charge in [-0.25, -0.2) is 0 Å². The number of benzene rings is 2. The van der Waals surface area contributed by atoms with E-state index in [1.54, 1.807) is 0 Å². The summed E-state index contributed by atoms with van der Waals surface area (Å²) in [5.74, 6) is 4.05. The summed E-state index contributed by atoms with van der Waals surface area (Å²) in [5, 5.41) is 13.6. The zero-order valence-electron chi connectivity index (χ0n) is 23.9. The molecule has 0 radical (unpaired) electrons. The van der Waals surface area contributed by atoms with E-state index >= 15 is 0 Å². The molecule has 2 nitrogen and oxygen atoms in total. The Morgan fingerprint density at radius 2 is 1.68 bits per heavy atom. The molecule has 3 aliphatic carbocycles. The molecule has 6 rings (SSSR count). The average Bonchev–Trinajstić information content (AvgIpc) is 3.47. The highest BCUT2D eigenvalue weighted by Crippen LogP contribution is 2.64. The van der Waals surface area contributed by atoms with Crippen LogP contribution in [-0.2, 0) is 5.41 Å². The van der Waals surface area contributed by atoms with Crippen LogP contribution in [0.15, 0.2) is 53.5 Å². The van der Waals surface area contributed by atoms with Gasteiger partial charge in [-0.1, -0.05) is 89.9 Å². The summed E-state index contributed by atoms with van der Waals surface area (Å²) < 4.78 is 6.89. The molecule has 2 saturated carbocycles. The van der Waals surface area contributed by atoms with Crippen LogP contribution in [-0.4, -0.2) is 10.0 Å². The maximum absolute atomic E-state index is 11.6. The molecule has 2 aromatic carbocycles. The lowest BCUT2D eigenvalue weighted by Gasteiger charge is -2.31. The molecule has 1 heterocycles. The number of phenols is 1. The van der Waals surface area contributed by atoms with Gasteiger partial charge in [0.15, 0.2) is 4.93 Å². The minimum Gasteiger partial charge on any atom is -0.507 e. The van der Waals surface area contributed by atoms with Crippen molar-refractivity contribution in [2.24, 2.45) is 23.7 Å². The summed E-state index contributed by atoms with van der Waals surface area (Å²) in [6, 6.07) is 6.57. The standard InChI is InChI=1S/C35H44O2S/c1-7-11-28-25(8-2)33-27-14-31-32(38-35(37-31,17-21(3)4)18-22(5)6)15-26(27)30(36)16-29(33)34(28)19-23-12-9-10-13-24(23)20-34/h7-8,11,14-16,21-24,36H,2,9-10,12-13,17-20H2,1,3-6H3/b11-7-. The Morgan fingerprint density at radius 1 is 1.03 bits per heavy atom. The molecule has 38 heavy (non-hydrogen) atoms. The first kappa shape index (κ1) is 26.1. The van der Waals surface area contributed by atoms with E-state index in [-0.39, 0.29) is 10.3 Å². The van der Waals surface area contributed by atoms with Gasteiger partial charge in [-0.15, -0.1) is 0 Å². The Bertz CT molecular complexity index is 1320. The smallest absolute Gasteiger partial charge is 0.159 e. The van der Waals surface area contributed by atoms with Gasteiger partial charge in [0.25, 0.3) is 0 Å². The summed E-state index contributed by atoms with van der Waals surface area (Å²) >= 11 is 1.87. The van der Waals surface area contributed by atoms with Crippen LogP contribution >= 0.6 is 11.8 Å². The number of fused-ring (bicyclic) bond motifs is 6. The van der Waals surface area contributed by atoms with Crippen molar-refractivity contribution in [2.45, 2.75) is 101 Å². The Hall–Kier alpha value is -2.13. The van der Waals surface area contributed by atoms with Crippen molar-refractivity contribution in [3.63, 3.8) is 0 Å². The van der Waals surface area contributed by atoms with Crippen molar-refractivity contribution in [1.29, 1.82) is 0 Å². The van der Waals surface area contributed by atoms with Gasteiger partial charge in [-0.05, 0) is 102 Å². The van der Waals surface area contributed by atoms with Gasteiger partial charge in [0.2, 0.25) is 0 Å². The summed E-state index contributed by atoms with van der Waals surface area (Å²) in [5.41, 5.74) is 5.24. The van der Waals surface area contributed by atoms with Gasteiger partial charge in [-0.2, -0.15) is 0 Å². The summed E-state index contributed by atoms with van der Waals surface area (Å²) in [6.07, 6.45) is 16.4. The van der Waals surface area contributed by atoms with Crippen molar-refractivity contribution < 1.29 is 9.84 Å². The van der Waals surface area contributed by atoms with Crippen molar-refractivity contribution in [1.82, 2.24) is 0 Å². The van der Waals surface area contributed by atoms with Crippen LogP contribution in [0.25, 0.3) is 16.3 Å². The van der Waals surface area contributed by atoms with Gasteiger partial charge in [0.05, 0.1) is 4.90 Å². The average molecular weight is 529 g/mol. The number of hydrogen-bond donors (Lipinski definition) is 1. The lowest BCUT2D eigenvalue weighted by atomic mass is 9.74. The lowest BCUT2D eigenvalue weighted by molar-refractivity contribution is 0.122. The van der Waals surface area contributed by atoms with Gasteiger partial charge in [-0.3, -0.25) is 0 Å². The van der Waals surface area contributed by atoms with Gasteiger partial charge in [0, 0.05) is 10.8 Å². The molecule has 2 atom stereocenters. The van der Waals surface area contributed by atoms with Crippen molar-refractivity contribution >= 4 is 28.1 Å². The molecule has 4 aliphatic rings. The molecule has 1 aliphatic heterocycles. The fraction of sp³-hybridized carbons (Fsp3) is 0.543. The predicted molar refractivity (Wildman–Crippen MR) is 162 cm³/mol. The quantitative estimate of drug-likeness (QED) is 0.404. The monoisotopic (exact) mass is 528 g/mol. The molecule has 202 valence electrons. The van der Waals surface area contributed by atoms with Gasteiger partial charge >= 0.3 is 0 Å². The third-order valence-corrected chi connectivity index (χ3v) is 11.0. The van der Waals surface area contributed by atoms with Gasteiger partial charge < -0.3 is 9.84 Å². The Morgan fingerprint density at radius 3 is 2.26 bits per heavy atom. The van der Waals surface area contributed by atoms with Crippen LogP contribution < -0.4 is 4.74 Å². The highest BCUT2D eigenvalue weighted by molar-refractivity contribution is 8.00. The molecule has 1 spiro atoms. The number of rotatable bonds is 6. The van der Waals surface area contributed by atoms with Crippen LogP contribution in [0, 0.1) is 23.7 Å². The van der Waals surface area contributed by atoms with E-state index in [9.17, 15) is 5.11 Å². The minimum atomic E-state index is -0.240. The minimum absolute atomic E-state index is 0.0234. The van der Waals surface area contributed by atoms with Crippen molar-refractivity contribution in [2.75, 3.05) is 0 Å². The van der Waals surface area contributed by atoms with Gasteiger partial charge in [0.1, 0.15) is 11.5 Å². The van der Waals surface area contributed by atoms with Crippen LogP contribution in [0.5, 0.6) is 11.5 Å². The molecular weight excluding hydrogens is 484 g/mol. The van der Waals surface area contributed by atoms with E-state index < -0.39 is 0 Å². The van der Waals surface area contributed by atoms with E-state index in [4.69, 9.17) is 4.74 Å². The molecule has 1 N–H and O–H groups in total. The maximum atomic E-state index is 11.6. The fourth-order valence-corrected chi connectivity index (χ4v) is 10.3. The number of hydrogen-bond acceptors (Lipinski definition) is 3. The Labute approximate surface area is 233 Å². The number of allylic oxidation sites excluding steroid dienone is 5. The molecule has 0 bridgehead atoms. The molecule has 2 fully saturated rings. The molecule has 2 unspecified atom stereocenters. The Balaban J connectivity index is 1.54. The molecule has 3 heteroatoms. The highest BCUT2D eigenvalue weighted by Gasteiger charge is 2.53. The second-order valence-electron chi connectivity index (χ2n) is 13.3. The molecule has 0 saturated heterocycles. The second-order valence-corrected chi connectivity index (χ2v) is 14.7. The summed E-state index contributed by atoms with van der Waals surface area (Å²) in [4.78, 5) is 0.919. The topological polar surface area (TPSA) is 29.5 Å². The first-order chi connectivity index (χ1) is 18.2. The third-order valence-electron chi connectivity index (χ3n) is 9.63. The zero-order chi connectivity index (χ0) is 26.8. The Kier molecular flexibility index (Phi) is 6.53. The van der Waals surface area contributed by atoms with E-state index in [1.165, 1.54) is 60.8 Å². The third kappa shape index (κ3) is 3.98. The SMILES string of the molecule is C=CC1=C(/C=C\C)C2(CC3CCCCC3C2)c2cc(O)c3cc4c(cc3c21)OC(CC(C)C)(CC(C)C)S4. The number of thioether (sulfide) groups is 1. The second kappa shape index (κ2) is 9.51. The first-order valence-electron chi connectivity index (χ1n) is 14.9. The summed E-state index contributed by atoms with van der Waals surface area (Å²) in [6.45, 7) is 15.6. The van der Waals surface area contributed by atoms with Crippen LogP contribution in [0.1, 0.15) is 97.1 Å². The lowest BCUT2D eigenvalue weighted by Crippen LogP contribution is -2.32. The molecular formula is C35H44O2S. The number of aromatic hydroxyl groups is 1. The molecule has 2 aromatic rings. The predicted octanol–water partition coefficient (Wildman–Crippen LogP) is 10.2. The molecule has 0 aromatic heterocycles. The maximum Gasteiger partial charge on any atom is 0.159 e. The first-order valence-corrected chi connectivity index (χ1v) is 15.7. The fourth-order valence-electron chi connectivity index (χ4n) is 8.56. The van der Waals surface area contributed by atoms with Crippen molar-refractivity contribution in [3.05, 3.63) is 59.7 Å². The number of phenolic OH excluding ortho intramolecular Hbond substituents is 1. The van der Waals surface area contributed by atoms with Crippen molar-refractivity contribution in [3.8, 4) is 11.5 Å².